The van der Waals surface area contributed by atoms with E-state index in [1.807, 2.05) is 0 Å². The van der Waals surface area contributed by atoms with Gasteiger partial charge in [0.05, 0.1) is 0 Å². The first-order valence-corrected chi connectivity index (χ1v) is 7.40. The predicted octanol–water partition coefficient (Wildman–Crippen LogP) is 4.84. The van der Waals surface area contributed by atoms with E-state index in [1.54, 1.807) is 0 Å². The van der Waals surface area contributed by atoms with Gasteiger partial charge in [0.2, 0.25) is 0 Å². The highest BCUT2D eigenvalue weighted by molar-refractivity contribution is 4.97. The zero-order valence-electron chi connectivity index (χ0n) is 11.6. The lowest BCUT2D eigenvalue weighted by Crippen LogP contribution is -2.58. The van der Waals surface area contributed by atoms with Gasteiger partial charge in [-0.3, -0.25) is 0 Å². The van der Waals surface area contributed by atoms with Gasteiger partial charge in [-0.15, -0.1) is 0 Å². The van der Waals surface area contributed by atoms with Gasteiger partial charge in [0.25, 0.3) is 5.60 Å². The fraction of sp³-hybridized carbons (Fsp3) is 1.00. The smallest absolute Gasteiger partial charge is 0.374 e. The normalized spacial score (nSPS) is 31.9. The fourth-order valence-corrected chi connectivity index (χ4v) is 3.97. The summed E-state index contributed by atoms with van der Waals surface area (Å²) in [7, 11) is 0. The molecule has 1 nitrogen and oxygen atoms in total. The Kier molecular flexibility index (Phi) is 4.53. The largest absolute Gasteiger partial charge is 0.426 e. The van der Waals surface area contributed by atoms with E-state index in [0.29, 0.717) is 25.2 Å². The summed E-state index contributed by atoms with van der Waals surface area (Å²) in [4.78, 5) is 0. The van der Waals surface area contributed by atoms with Gasteiger partial charge in [0, 0.05) is 0 Å². The second-order valence-corrected chi connectivity index (χ2v) is 6.54. The van der Waals surface area contributed by atoms with Crippen molar-refractivity contribution in [3.63, 3.8) is 0 Å². The van der Waals surface area contributed by atoms with E-state index in [9.17, 15) is 31.4 Å². The van der Waals surface area contributed by atoms with Gasteiger partial charge in [0.15, 0.2) is 0 Å². The van der Waals surface area contributed by atoms with Crippen molar-refractivity contribution < 1.29 is 31.4 Å². The summed E-state index contributed by atoms with van der Waals surface area (Å²) >= 11 is 0. The van der Waals surface area contributed by atoms with Crippen LogP contribution >= 0.6 is 0 Å². The molecule has 2 saturated carbocycles. The van der Waals surface area contributed by atoms with Crippen molar-refractivity contribution in [3.8, 4) is 0 Å². The first kappa shape index (κ1) is 16.9. The maximum absolute atomic E-state index is 12.7. The predicted molar refractivity (Wildman–Crippen MR) is 64.5 cm³/mol. The number of hydrogen-bond donors (Lipinski definition) is 1. The summed E-state index contributed by atoms with van der Waals surface area (Å²) in [6.07, 6.45) is -7.22. The van der Waals surface area contributed by atoms with Crippen LogP contribution in [0, 0.1) is 17.8 Å². The van der Waals surface area contributed by atoms with Crippen molar-refractivity contribution in [2.24, 2.45) is 17.8 Å². The van der Waals surface area contributed by atoms with Gasteiger partial charge < -0.3 is 5.11 Å². The molecular formula is C14H20F6O. The van der Waals surface area contributed by atoms with Crippen LogP contribution in [-0.4, -0.2) is 23.1 Å². The molecule has 7 heteroatoms. The molecule has 1 N–H and O–H groups in total. The van der Waals surface area contributed by atoms with Crippen molar-refractivity contribution in [2.75, 3.05) is 0 Å². The Morgan fingerprint density at radius 3 is 1.81 bits per heavy atom. The number of hydrogen-bond acceptors (Lipinski definition) is 1. The average molecular weight is 318 g/mol. The molecule has 0 radical (unpaired) electrons. The summed E-state index contributed by atoms with van der Waals surface area (Å²) in [5.74, 6) is -0.0410. The molecule has 2 fully saturated rings. The summed E-state index contributed by atoms with van der Waals surface area (Å²) in [5.41, 5.74) is -4.58. The lowest BCUT2D eigenvalue weighted by Gasteiger charge is -2.42. The molecule has 2 aliphatic carbocycles. The molecule has 0 aliphatic heterocycles. The quantitative estimate of drug-likeness (QED) is 0.722. The number of halogens is 6. The van der Waals surface area contributed by atoms with E-state index in [2.05, 4.69) is 0 Å². The van der Waals surface area contributed by atoms with Crippen LogP contribution in [0.25, 0.3) is 0 Å². The third-order valence-corrected chi connectivity index (χ3v) is 5.17. The van der Waals surface area contributed by atoms with Crippen molar-refractivity contribution in [1.29, 1.82) is 0 Å². The Hall–Kier alpha value is -0.460. The molecule has 0 heterocycles. The lowest BCUT2D eigenvalue weighted by molar-refractivity contribution is -0.373. The van der Waals surface area contributed by atoms with Crippen LogP contribution in [0.15, 0.2) is 0 Å². The average Bonchev–Trinajstić information content (AvgIpc) is 2.36. The number of aliphatic hydroxyl groups is 1. The maximum Gasteiger partial charge on any atom is 0.426 e. The fourth-order valence-electron chi connectivity index (χ4n) is 3.97. The maximum atomic E-state index is 12.7. The van der Waals surface area contributed by atoms with E-state index in [4.69, 9.17) is 0 Å². The minimum atomic E-state index is -5.69. The van der Waals surface area contributed by atoms with Gasteiger partial charge in [0.1, 0.15) is 0 Å². The molecule has 21 heavy (non-hydrogen) atoms. The van der Waals surface area contributed by atoms with Crippen molar-refractivity contribution in [1.82, 2.24) is 0 Å². The minimum absolute atomic E-state index is 0.225. The Balaban J connectivity index is 2.08. The molecule has 0 aromatic carbocycles. The second-order valence-electron chi connectivity index (χ2n) is 6.54. The van der Waals surface area contributed by atoms with Crippen LogP contribution in [0.1, 0.15) is 51.4 Å². The van der Waals surface area contributed by atoms with Gasteiger partial charge in [-0.1, -0.05) is 32.1 Å². The number of rotatable bonds is 2. The highest BCUT2D eigenvalue weighted by atomic mass is 19.4. The van der Waals surface area contributed by atoms with Crippen LogP contribution in [0.5, 0.6) is 0 Å². The molecule has 0 aromatic heterocycles. The van der Waals surface area contributed by atoms with E-state index < -0.39 is 30.3 Å². The number of alkyl halides is 6. The molecule has 3 atom stereocenters. The summed E-state index contributed by atoms with van der Waals surface area (Å²) < 4.78 is 76.3. The zero-order valence-corrected chi connectivity index (χ0v) is 11.6. The van der Waals surface area contributed by atoms with E-state index in [1.165, 1.54) is 0 Å². The summed E-state index contributed by atoms with van der Waals surface area (Å²) in [6.45, 7) is 0. The first-order valence-electron chi connectivity index (χ1n) is 7.40. The highest BCUT2D eigenvalue weighted by Crippen LogP contribution is 2.51. The SMILES string of the molecule is OC(CC1CCC2CCCCC2C1)(C(F)(F)F)C(F)(F)F. The molecule has 0 amide bonds. The van der Waals surface area contributed by atoms with Crippen LogP contribution < -0.4 is 0 Å². The summed E-state index contributed by atoms with van der Waals surface area (Å²) in [5, 5.41) is 9.28. The van der Waals surface area contributed by atoms with Crippen LogP contribution in [0.2, 0.25) is 0 Å². The molecule has 3 unspecified atom stereocenters. The third kappa shape index (κ3) is 3.32. The molecule has 0 aromatic rings. The Labute approximate surface area is 119 Å². The Bertz CT molecular complexity index is 347. The Morgan fingerprint density at radius 2 is 1.29 bits per heavy atom. The van der Waals surface area contributed by atoms with Crippen LogP contribution in [-0.2, 0) is 0 Å². The van der Waals surface area contributed by atoms with E-state index in [-0.39, 0.29) is 5.92 Å². The van der Waals surface area contributed by atoms with Crippen molar-refractivity contribution in [3.05, 3.63) is 0 Å². The van der Waals surface area contributed by atoms with Crippen molar-refractivity contribution >= 4 is 0 Å². The van der Waals surface area contributed by atoms with E-state index in [0.717, 1.165) is 25.7 Å². The zero-order chi connectivity index (χ0) is 15.9. The second kappa shape index (κ2) is 5.63. The highest BCUT2D eigenvalue weighted by Gasteiger charge is 2.70. The molecule has 0 spiro atoms. The van der Waals surface area contributed by atoms with Crippen LogP contribution in [0.3, 0.4) is 0 Å². The molecule has 2 rings (SSSR count). The van der Waals surface area contributed by atoms with Crippen molar-refractivity contribution in [2.45, 2.75) is 69.3 Å². The third-order valence-electron chi connectivity index (χ3n) is 5.17. The van der Waals surface area contributed by atoms with Gasteiger partial charge in [-0.05, 0) is 37.0 Å². The molecular weight excluding hydrogens is 298 g/mol. The lowest BCUT2D eigenvalue weighted by atomic mass is 9.65. The standard InChI is InChI=1S/C14H20F6O/c15-13(16,17)12(21,14(18,19)20)8-9-5-6-10-3-1-2-4-11(10)7-9/h9-11,21H,1-8H2. The molecule has 124 valence electrons. The molecule has 0 saturated heterocycles. The minimum Gasteiger partial charge on any atom is -0.374 e. The summed E-state index contributed by atoms with van der Waals surface area (Å²) in [6, 6.07) is 0. The van der Waals surface area contributed by atoms with Gasteiger partial charge in [-0.25, -0.2) is 0 Å². The first-order chi connectivity index (χ1) is 9.54. The number of fused-ring (bicyclic) bond motifs is 1. The van der Waals surface area contributed by atoms with Gasteiger partial charge >= 0.3 is 12.4 Å². The Morgan fingerprint density at radius 1 is 0.762 bits per heavy atom. The monoisotopic (exact) mass is 318 g/mol. The molecule has 2 aliphatic rings. The molecule has 0 bridgehead atoms. The topological polar surface area (TPSA) is 20.2 Å². The van der Waals surface area contributed by atoms with Gasteiger partial charge in [-0.2, -0.15) is 26.3 Å². The van der Waals surface area contributed by atoms with Crippen LogP contribution in [0.4, 0.5) is 26.3 Å². The van der Waals surface area contributed by atoms with E-state index >= 15 is 0 Å².